The van der Waals surface area contributed by atoms with Crippen LogP contribution in [0, 0.1) is 17.0 Å². The molecule has 1 amide bonds. The first-order chi connectivity index (χ1) is 18.9. The minimum atomic E-state index is -0.655. The molecule has 10 heteroatoms. The Kier molecular flexibility index (Phi) is 6.83. The zero-order valence-corrected chi connectivity index (χ0v) is 21.1. The fourth-order valence-electron chi connectivity index (χ4n) is 4.28. The summed E-state index contributed by atoms with van der Waals surface area (Å²) in [4.78, 5) is 46.6. The van der Waals surface area contributed by atoms with Crippen molar-refractivity contribution in [3.8, 4) is 5.69 Å². The number of nitro benzene ring substituents is 1. The molecule has 2 aromatic heterocycles. The van der Waals surface area contributed by atoms with Crippen LogP contribution < -0.4 is 5.32 Å². The van der Waals surface area contributed by atoms with Crippen molar-refractivity contribution in [1.82, 2.24) is 14.5 Å². The number of aryl methyl sites for hydroxylation is 1. The molecule has 0 unspecified atom stereocenters. The summed E-state index contributed by atoms with van der Waals surface area (Å²) in [6, 6.07) is 20.7. The van der Waals surface area contributed by atoms with Crippen LogP contribution in [-0.2, 0) is 9.53 Å². The van der Waals surface area contributed by atoms with Crippen molar-refractivity contribution < 1.29 is 19.2 Å². The molecule has 3 aromatic carbocycles. The second-order valence-electron chi connectivity index (χ2n) is 8.63. The van der Waals surface area contributed by atoms with Gasteiger partial charge < -0.3 is 10.1 Å². The maximum atomic E-state index is 13.3. The number of carbonyl (C=O) groups excluding carboxylic acids is 2. The molecular formula is C29H23N5O5. The van der Waals surface area contributed by atoms with Gasteiger partial charge in [0.15, 0.2) is 5.65 Å². The van der Waals surface area contributed by atoms with Crippen LogP contribution in [-0.4, -0.2) is 37.9 Å². The predicted octanol–water partition coefficient (Wildman–Crippen LogP) is 5.62. The highest BCUT2D eigenvalue weighted by atomic mass is 16.6. The molecule has 0 aliphatic heterocycles. The number of nitrogens with one attached hydrogen (secondary N) is 1. The van der Waals surface area contributed by atoms with E-state index < -0.39 is 16.8 Å². The molecular weight excluding hydrogens is 498 g/mol. The van der Waals surface area contributed by atoms with E-state index in [2.05, 4.69) is 5.32 Å². The molecule has 5 aromatic rings. The second-order valence-corrected chi connectivity index (χ2v) is 8.63. The molecule has 0 saturated heterocycles. The summed E-state index contributed by atoms with van der Waals surface area (Å²) in [6.45, 7) is 3.73. The third-order valence-electron chi connectivity index (χ3n) is 6.05. The van der Waals surface area contributed by atoms with E-state index in [1.807, 2.05) is 49.4 Å². The van der Waals surface area contributed by atoms with Gasteiger partial charge in [0.25, 0.3) is 5.69 Å². The van der Waals surface area contributed by atoms with Gasteiger partial charge in [-0.1, -0.05) is 42.5 Å². The Morgan fingerprint density at radius 1 is 1.03 bits per heavy atom. The number of rotatable bonds is 7. The lowest BCUT2D eigenvalue weighted by molar-refractivity contribution is -0.384. The number of esters is 1. The van der Waals surface area contributed by atoms with Gasteiger partial charge in [0.05, 0.1) is 28.3 Å². The topological polar surface area (TPSA) is 129 Å². The quantitative estimate of drug-likeness (QED) is 0.127. The normalized spacial score (nSPS) is 11.2. The van der Waals surface area contributed by atoms with E-state index in [0.717, 1.165) is 5.56 Å². The molecule has 1 N–H and O–H groups in total. The molecule has 2 heterocycles. The molecule has 0 aliphatic rings. The van der Waals surface area contributed by atoms with Crippen molar-refractivity contribution in [3.63, 3.8) is 0 Å². The van der Waals surface area contributed by atoms with E-state index in [-0.39, 0.29) is 29.2 Å². The Balaban J connectivity index is 1.70. The van der Waals surface area contributed by atoms with Gasteiger partial charge in [0.1, 0.15) is 16.9 Å². The van der Waals surface area contributed by atoms with Crippen LogP contribution in [0.15, 0.2) is 78.9 Å². The minimum Gasteiger partial charge on any atom is -0.462 e. The van der Waals surface area contributed by atoms with Gasteiger partial charge >= 0.3 is 5.97 Å². The van der Waals surface area contributed by atoms with Crippen LogP contribution in [0.5, 0.6) is 0 Å². The smallest absolute Gasteiger partial charge is 0.344 e. The van der Waals surface area contributed by atoms with Gasteiger partial charge in [-0.05, 0) is 49.2 Å². The van der Waals surface area contributed by atoms with Gasteiger partial charge in [-0.2, -0.15) is 0 Å². The van der Waals surface area contributed by atoms with E-state index >= 15 is 0 Å². The highest BCUT2D eigenvalue weighted by molar-refractivity contribution is 6.13. The molecule has 194 valence electrons. The summed E-state index contributed by atoms with van der Waals surface area (Å²) >= 11 is 0. The molecule has 0 saturated carbocycles. The molecule has 0 atom stereocenters. The molecule has 39 heavy (non-hydrogen) atoms. The average Bonchev–Trinajstić information content (AvgIpc) is 3.23. The fraction of sp³-hybridized carbons (Fsp3) is 0.103. The fourth-order valence-corrected chi connectivity index (χ4v) is 4.28. The van der Waals surface area contributed by atoms with Crippen LogP contribution >= 0.6 is 0 Å². The van der Waals surface area contributed by atoms with Crippen LogP contribution in [0.1, 0.15) is 28.4 Å². The van der Waals surface area contributed by atoms with Crippen molar-refractivity contribution in [2.45, 2.75) is 13.8 Å². The molecule has 0 radical (unpaired) electrons. The average molecular weight is 522 g/mol. The number of amides is 1. The van der Waals surface area contributed by atoms with Gasteiger partial charge in [-0.15, -0.1) is 0 Å². The maximum Gasteiger partial charge on any atom is 0.344 e. The Bertz CT molecular complexity index is 1790. The molecule has 0 bridgehead atoms. The van der Waals surface area contributed by atoms with E-state index in [1.54, 1.807) is 23.6 Å². The summed E-state index contributed by atoms with van der Waals surface area (Å²) in [6.07, 6.45) is 2.70. The second kappa shape index (κ2) is 10.5. The lowest BCUT2D eigenvalue weighted by Gasteiger charge is -2.14. The Hall–Kier alpha value is -5.38. The molecule has 0 fully saturated rings. The standard InChI is InChI=1S/C29H23N5O5/c1-3-39-29(36)25-26-28(31-22-13-6-5-12-21(22)30-26)33(23-14-7-4-9-18(23)2)27(25)32-24(35)16-15-19-10-8-11-20(17-19)34(37)38/h4-17H,3H2,1-2H3,(H,32,35)/b16-15+. The van der Waals surface area contributed by atoms with Crippen molar-refractivity contribution >= 4 is 51.7 Å². The first kappa shape index (κ1) is 25.3. The van der Waals surface area contributed by atoms with Gasteiger partial charge in [0.2, 0.25) is 5.91 Å². The molecule has 5 rings (SSSR count). The zero-order valence-electron chi connectivity index (χ0n) is 21.1. The number of hydrogen-bond donors (Lipinski definition) is 1. The highest BCUT2D eigenvalue weighted by Crippen LogP contribution is 2.34. The van der Waals surface area contributed by atoms with Crippen molar-refractivity contribution in [1.29, 1.82) is 0 Å². The van der Waals surface area contributed by atoms with E-state index in [4.69, 9.17) is 14.7 Å². The lowest BCUT2D eigenvalue weighted by atomic mass is 10.2. The minimum absolute atomic E-state index is 0.0745. The monoisotopic (exact) mass is 521 g/mol. The van der Waals surface area contributed by atoms with Gasteiger partial charge in [-0.3, -0.25) is 19.5 Å². The third kappa shape index (κ3) is 4.95. The highest BCUT2D eigenvalue weighted by Gasteiger charge is 2.28. The Morgan fingerprint density at radius 2 is 1.74 bits per heavy atom. The number of nitro groups is 1. The predicted molar refractivity (Wildman–Crippen MR) is 148 cm³/mol. The summed E-state index contributed by atoms with van der Waals surface area (Å²) in [5.74, 6) is -1.06. The van der Waals surface area contributed by atoms with Crippen molar-refractivity contribution in [2.24, 2.45) is 0 Å². The molecule has 0 spiro atoms. The number of hydrogen-bond acceptors (Lipinski definition) is 7. The molecule has 0 aliphatic carbocycles. The number of non-ortho nitro benzene ring substituents is 1. The summed E-state index contributed by atoms with van der Waals surface area (Å²) in [7, 11) is 0. The zero-order chi connectivity index (χ0) is 27.5. The number of aromatic nitrogens is 3. The van der Waals surface area contributed by atoms with E-state index in [1.165, 1.54) is 30.4 Å². The number of carbonyl (C=O) groups is 2. The number of anilines is 1. The van der Waals surface area contributed by atoms with Gasteiger partial charge in [0, 0.05) is 18.2 Å². The summed E-state index contributed by atoms with van der Waals surface area (Å²) < 4.78 is 7.05. The lowest BCUT2D eigenvalue weighted by Crippen LogP contribution is -2.16. The largest absolute Gasteiger partial charge is 0.462 e. The number of ether oxygens (including phenoxy) is 1. The SMILES string of the molecule is CCOC(=O)c1c(NC(=O)/C=C/c2cccc([N+](=O)[O-])c2)n(-c2ccccc2C)c2nc3ccccc3nc12. The number of para-hydroxylation sites is 3. The van der Waals surface area contributed by atoms with Crippen LogP contribution in [0.25, 0.3) is 34.0 Å². The Labute approximate surface area is 222 Å². The number of nitrogens with zero attached hydrogens (tertiary/aromatic N) is 4. The number of benzene rings is 3. The van der Waals surface area contributed by atoms with Crippen molar-refractivity contribution in [3.05, 3.63) is 106 Å². The third-order valence-corrected chi connectivity index (χ3v) is 6.05. The Morgan fingerprint density at radius 3 is 2.46 bits per heavy atom. The van der Waals surface area contributed by atoms with E-state index in [9.17, 15) is 19.7 Å². The van der Waals surface area contributed by atoms with Crippen LogP contribution in [0.4, 0.5) is 11.5 Å². The maximum absolute atomic E-state index is 13.3. The molecule has 10 nitrogen and oxygen atoms in total. The summed E-state index contributed by atoms with van der Waals surface area (Å²) in [5, 5.41) is 13.9. The van der Waals surface area contributed by atoms with Crippen LogP contribution in [0.3, 0.4) is 0 Å². The number of fused-ring (bicyclic) bond motifs is 2. The van der Waals surface area contributed by atoms with E-state index in [0.29, 0.717) is 27.9 Å². The van der Waals surface area contributed by atoms with Gasteiger partial charge in [-0.25, -0.2) is 14.8 Å². The summed E-state index contributed by atoms with van der Waals surface area (Å²) in [5.41, 5.74) is 3.90. The van der Waals surface area contributed by atoms with Crippen molar-refractivity contribution in [2.75, 3.05) is 11.9 Å². The first-order valence-corrected chi connectivity index (χ1v) is 12.1. The van der Waals surface area contributed by atoms with Crippen LogP contribution in [0.2, 0.25) is 0 Å². The first-order valence-electron chi connectivity index (χ1n) is 12.1.